The molecule has 5 heteroatoms. The fraction of sp³-hybridized carbons (Fsp3) is 0.556. The quantitative estimate of drug-likeness (QED) is 0.726. The van der Waals surface area contributed by atoms with E-state index >= 15 is 0 Å². The molecule has 0 saturated heterocycles. The molecule has 0 unspecified atom stereocenters. The Hall–Kier alpha value is -1.10. The zero-order valence-corrected chi connectivity index (χ0v) is 9.57. The van der Waals surface area contributed by atoms with Gasteiger partial charge in [0.25, 0.3) is 0 Å². The van der Waals surface area contributed by atoms with E-state index in [0.717, 1.165) is 11.3 Å². The molecule has 1 aromatic rings. The summed E-state index contributed by atoms with van der Waals surface area (Å²) in [5.41, 5.74) is 5.77. The third-order valence-electron chi connectivity index (χ3n) is 1.41. The molecule has 0 aliphatic heterocycles. The number of nitrogens with zero attached hydrogens (tertiary/aromatic N) is 1. The summed E-state index contributed by atoms with van der Waals surface area (Å²) >= 11 is 1.16. The molecule has 0 saturated carbocycles. The molecule has 1 rings (SSSR count). The van der Waals surface area contributed by atoms with Gasteiger partial charge >= 0.3 is 5.97 Å². The summed E-state index contributed by atoms with van der Waals surface area (Å²) in [6, 6.07) is 0. The first-order valence-electron chi connectivity index (χ1n) is 4.26. The van der Waals surface area contributed by atoms with Crippen LogP contribution >= 0.6 is 11.3 Å². The van der Waals surface area contributed by atoms with Gasteiger partial charge in [-0.05, 0) is 27.7 Å². The van der Waals surface area contributed by atoms with Gasteiger partial charge < -0.3 is 10.5 Å². The normalized spacial score (nSPS) is 11.4. The number of carbonyl (C=O) groups is 1. The first kappa shape index (κ1) is 11.0. The number of nitrogen functional groups attached to an aromatic ring is 1. The molecule has 14 heavy (non-hydrogen) atoms. The van der Waals surface area contributed by atoms with E-state index in [2.05, 4.69) is 4.98 Å². The van der Waals surface area contributed by atoms with Crippen LogP contribution in [0.25, 0.3) is 0 Å². The smallest absolute Gasteiger partial charge is 0.368 e. The molecule has 0 aliphatic carbocycles. The van der Waals surface area contributed by atoms with Crippen LogP contribution in [0.5, 0.6) is 0 Å². The number of anilines is 1. The first-order valence-corrected chi connectivity index (χ1v) is 5.07. The van der Waals surface area contributed by atoms with E-state index in [1.54, 1.807) is 6.92 Å². The number of nitrogens with two attached hydrogens (primary N) is 1. The highest BCUT2D eigenvalue weighted by molar-refractivity contribution is 7.17. The van der Waals surface area contributed by atoms with Gasteiger partial charge in [-0.3, -0.25) is 0 Å². The average molecular weight is 214 g/mol. The van der Waals surface area contributed by atoms with Gasteiger partial charge in [0.1, 0.15) is 10.6 Å². The molecule has 0 fully saturated rings. The Bertz CT molecular complexity index is 333. The van der Waals surface area contributed by atoms with Crippen molar-refractivity contribution in [3.8, 4) is 0 Å². The number of ether oxygens (including phenoxy) is 1. The highest BCUT2D eigenvalue weighted by Crippen LogP contribution is 2.22. The topological polar surface area (TPSA) is 65.2 Å². The van der Waals surface area contributed by atoms with Crippen molar-refractivity contribution in [3.63, 3.8) is 0 Å². The van der Waals surface area contributed by atoms with Gasteiger partial charge in [-0.25, -0.2) is 9.78 Å². The monoisotopic (exact) mass is 214 g/mol. The van der Waals surface area contributed by atoms with E-state index in [4.69, 9.17) is 10.5 Å². The molecule has 4 nitrogen and oxygen atoms in total. The number of esters is 1. The molecule has 2 N–H and O–H groups in total. The van der Waals surface area contributed by atoms with E-state index < -0.39 is 11.6 Å². The molecule has 1 aromatic heterocycles. The van der Waals surface area contributed by atoms with Crippen molar-refractivity contribution >= 4 is 22.3 Å². The zero-order chi connectivity index (χ0) is 10.9. The van der Waals surface area contributed by atoms with Gasteiger partial charge in [-0.15, -0.1) is 0 Å². The number of carbonyl (C=O) groups excluding carboxylic acids is 1. The predicted octanol–water partition coefficient (Wildman–Crippen LogP) is 1.99. The molecule has 0 atom stereocenters. The standard InChI is InChI=1S/C9H14N2O2S/c1-5-6(10)14-7(11-5)8(12)13-9(2,3)4/h10H2,1-4H3. The Morgan fingerprint density at radius 2 is 2.07 bits per heavy atom. The maximum Gasteiger partial charge on any atom is 0.368 e. The summed E-state index contributed by atoms with van der Waals surface area (Å²) in [5.74, 6) is -0.415. The molecule has 0 aromatic carbocycles. The molecular weight excluding hydrogens is 200 g/mol. The fourth-order valence-corrected chi connectivity index (χ4v) is 1.53. The van der Waals surface area contributed by atoms with E-state index in [1.165, 1.54) is 0 Å². The molecular formula is C9H14N2O2S. The largest absolute Gasteiger partial charge is 0.455 e. The second-order valence-electron chi connectivity index (χ2n) is 3.97. The summed E-state index contributed by atoms with van der Waals surface area (Å²) in [5, 5.41) is 0.876. The van der Waals surface area contributed by atoms with Crippen LogP contribution in [0.2, 0.25) is 0 Å². The summed E-state index contributed by atoms with van der Waals surface area (Å²) in [7, 11) is 0. The molecule has 1 heterocycles. The lowest BCUT2D eigenvalue weighted by Crippen LogP contribution is -2.23. The van der Waals surface area contributed by atoms with Crippen LogP contribution in [0, 0.1) is 6.92 Å². The van der Waals surface area contributed by atoms with Crippen molar-refractivity contribution in [1.82, 2.24) is 4.98 Å². The van der Waals surface area contributed by atoms with E-state index in [-0.39, 0.29) is 0 Å². The van der Waals surface area contributed by atoms with Crippen LogP contribution in [0.3, 0.4) is 0 Å². The molecule has 78 valence electrons. The minimum Gasteiger partial charge on any atom is -0.455 e. The van der Waals surface area contributed by atoms with Crippen molar-refractivity contribution in [3.05, 3.63) is 10.7 Å². The summed E-state index contributed by atoms with van der Waals surface area (Å²) < 4.78 is 5.15. The second kappa shape index (κ2) is 3.57. The fourth-order valence-electron chi connectivity index (χ4n) is 0.817. The maximum absolute atomic E-state index is 11.5. The number of aromatic nitrogens is 1. The molecule has 0 amide bonds. The third-order valence-corrected chi connectivity index (χ3v) is 2.37. The maximum atomic E-state index is 11.5. The van der Waals surface area contributed by atoms with Gasteiger partial charge in [0.2, 0.25) is 5.01 Å². The van der Waals surface area contributed by atoms with Gasteiger partial charge in [-0.1, -0.05) is 11.3 Å². The molecule has 0 spiro atoms. The first-order chi connectivity index (χ1) is 6.29. The van der Waals surface area contributed by atoms with Crippen LogP contribution in [0.15, 0.2) is 0 Å². The van der Waals surface area contributed by atoms with Crippen LogP contribution in [-0.2, 0) is 4.74 Å². The van der Waals surface area contributed by atoms with Gasteiger partial charge in [0, 0.05) is 0 Å². The van der Waals surface area contributed by atoms with Gasteiger partial charge in [-0.2, -0.15) is 0 Å². The van der Waals surface area contributed by atoms with Crippen molar-refractivity contribution in [2.75, 3.05) is 5.73 Å². The third kappa shape index (κ3) is 2.70. The Kier molecular flexibility index (Phi) is 2.80. The Labute approximate surface area is 87.1 Å². The van der Waals surface area contributed by atoms with Crippen molar-refractivity contribution in [2.45, 2.75) is 33.3 Å². The van der Waals surface area contributed by atoms with Crippen LogP contribution in [0.4, 0.5) is 5.00 Å². The SMILES string of the molecule is Cc1nc(C(=O)OC(C)(C)C)sc1N. The second-order valence-corrected chi connectivity index (χ2v) is 5.00. The summed E-state index contributed by atoms with van der Waals surface area (Å²) in [4.78, 5) is 15.5. The zero-order valence-electron chi connectivity index (χ0n) is 8.75. The molecule has 0 aliphatic rings. The minimum atomic E-state index is -0.495. The van der Waals surface area contributed by atoms with Crippen molar-refractivity contribution in [2.24, 2.45) is 0 Å². The lowest BCUT2D eigenvalue weighted by atomic mass is 10.2. The number of thiazole rings is 1. The number of hydrogen-bond acceptors (Lipinski definition) is 5. The predicted molar refractivity (Wildman–Crippen MR) is 56.4 cm³/mol. The Balaban J connectivity index is 2.80. The lowest BCUT2D eigenvalue weighted by molar-refractivity contribution is 0.00690. The number of rotatable bonds is 1. The highest BCUT2D eigenvalue weighted by Gasteiger charge is 2.21. The van der Waals surface area contributed by atoms with Crippen molar-refractivity contribution < 1.29 is 9.53 Å². The molecule has 0 bridgehead atoms. The highest BCUT2D eigenvalue weighted by atomic mass is 32.1. The Morgan fingerprint density at radius 3 is 2.43 bits per heavy atom. The van der Waals surface area contributed by atoms with Gasteiger partial charge in [0.05, 0.1) is 5.69 Å². The summed E-state index contributed by atoms with van der Waals surface area (Å²) in [6.07, 6.45) is 0. The average Bonchev–Trinajstić information content (AvgIpc) is 2.28. The van der Waals surface area contributed by atoms with Crippen LogP contribution in [0.1, 0.15) is 36.3 Å². The number of aryl methyl sites for hydroxylation is 1. The lowest BCUT2D eigenvalue weighted by Gasteiger charge is -2.18. The Morgan fingerprint density at radius 1 is 1.50 bits per heavy atom. The van der Waals surface area contributed by atoms with Crippen LogP contribution in [-0.4, -0.2) is 16.6 Å². The number of hydrogen-bond donors (Lipinski definition) is 1. The van der Waals surface area contributed by atoms with Crippen LogP contribution < -0.4 is 5.73 Å². The van der Waals surface area contributed by atoms with E-state index in [0.29, 0.717) is 15.7 Å². The minimum absolute atomic E-state index is 0.315. The van der Waals surface area contributed by atoms with E-state index in [1.807, 2.05) is 20.8 Å². The molecule has 0 radical (unpaired) electrons. The van der Waals surface area contributed by atoms with E-state index in [9.17, 15) is 4.79 Å². The van der Waals surface area contributed by atoms with Gasteiger partial charge in [0.15, 0.2) is 0 Å². The summed E-state index contributed by atoms with van der Waals surface area (Å²) in [6.45, 7) is 7.21. The van der Waals surface area contributed by atoms with Crippen molar-refractivity contribution in [1.29, 1.82) is 0 Å².